The van der Waals surface area contributed by atoms with Crippen molar-refractivity contribution in [2.24, 2.45) is 5.92 Å². The van der Waals surface area contributed by atoms with E-state index < -0.39 is 0 Å². The summed E-state index contributed by atoms with van der Waals surface area (Å²) in [5, 5.41) is 4.76. The van der Waals surface area contributed by atoms with Crippen LogP contribution in [0.3, 0.4) is 0 Å². The van der Waals surface area contributed by atoms with Crippen molar-refractivity contribution < 1.29 is 4.42 Å². The standard InChI is InChI=1S/C17H21NO/c1-12(2)14(11-18-15-7-8-15)10-16-9-13-5-3-4-6-17(13)19-16/h3-6,9-10,12,15,18H,7-8,11H2,1-2H3. The number of fused-ring (bicyclic) bond motifs is 1. The van der Waals surface area contributed by atoms with Gasteiger partial charge in [0, 0.05) is 18.0 Å². The van der Waals surface area contributed by atoms with Gasteiger partial charge in [-0.1, -0.05) is 37.6 Å². The van der Waals surface area contributed by atoms with Crippen LogP contribution in [0.4, 0.5) is 0 Å². The summed E-state index contributed by atoms with van der Waals surface area (Å²) in [6.45, 7) is 5.45. The minimum atomic E-state index is 0.541. The fourth-order valence-corrected chi connectivity index (χ4v) is 2.23. The van der Waals surface area contributed by atoms with E-state index in [2.05, 4.69) is 37.4 Å². The molecule has 19 heavy (non-hydrogen) atoms. The summed E-state index contributed by atoms with van der Waals surface area (Å²) in [5.41, 5.74) is 2.37. The van der Waals surface area contributed by atoms with E-state index >= 15 is 0 Å². The number of para-hydroxylation sites is 1. The molecule has 0 atom stereocenters. The van der Waals surface area contributed by atoms with Crippen LogP contribution in [0.5, 0.6) is 0 Å². The summed E-state index contributed by atoms with van der Waals surface area (Å²) in [4.78, 5) is 0. The Hall–Kier alpha value is -1.54. The van der Waals surface area contributed by atoms with Crippen molar-refractivity contribution in [2.75, 3.05) is 6.54 Å². The molecule has 0 aliphatic heterocycles. The Morgan fingerprint density at radius 1 is 1.37 bits per heavy atom. The lowest BCUT2D eigenvalue weighted by molar-refractivity contribution is 0.599. The third kappa shape index (κ3) is 3.07. The van der Waals surface area contributed by atoms with Crippen molar-refractivity contribution in [1.29, 1.82) is 0 Å². The topological polar surface area (TPSA) is 25.2 Å². The van der Waals surface area contributed by atoms with Gasteiger partial charge in [-0.15, -0.1) is 0 Å². The second-order valence-corrected chi connectivity index (χ2v) is 5.72. The fourth-order valence-electron chi connectivity index (χ4n) is 2.23. The van der Waals surface area contributed by atoms with E-state index in [1.165, 1.54) is 23.8 Å². The monoisotopic (exact) mass is 255 g/mol. The Morgan fingerprint density at radius 2 is 2.16 bits per heavy atom. The fraction of sp³-hybridized carbons (Fsp3) is 0.412. The molecule has 1 heterocycles. The summed E-state index contributed by atoms with van der Waals surface area (Å²) >= 11 is 0. The van der Waals surface area contributed by atoms with Gasteiger partial charge in [0.15, 0.2) is 0 Å². The number of nitrogens with one attached hydrogen (secondary N) is 1. The molecule has 1 aliphatic carbocycles. The average molecular weight is 255 g/mol. The minimum Gasteiger partial charge on any atom is -0.457 e. The van der Waals surface area contributed by atoms with Crippen molar-refractivity contribution in [3.05, 3.63) is 41.7 Å². The number of furan rings is 1. The van der Waals surface area contributed by atoms with E-state index in [4.69, 9.17) is 4.42 Å². The molecule has 1 aromatic carbocycles. The summed E-state index contributed by atoms with van der Waals surface area (Å²) in [6.07, 6.45) is 4.85. The van der Waals surface area contributed by atoms with Crippen LogP contribution in [0.15, 0.2) is 40.3 Å². The van der Waals surface area contributed by atoms with Gasteiger partial charge >= 0.3 is 0 Å². The van der Waals surface area contributed by atoms with E-state index in [1.54, 1.807) is 0 Å². The van der Waals surface area contributed by atoms with Crippen LogP contribution in [-0.2, 0) is 0 Å². The van der Waals surface area contributed by atoms with Crippen LogP contribution >= 0.6 is 0 Å². The maximum absolute atomic E-state index is 5.87. The second kappa shape index (κ2) is 5.22. The first kappa shape index (κ1) is 12.5. The lowest BCUT2D eigenvalue weighted by Crippen LogP contribution is -2.21. The highest BCUT2D eigenvalue weighted by Gasteiger charge is 2.20. The smallest absolute Gasteiger partial charge is 0.134 e. The van der Waals surface area contributed by atoms with Crippen molar-refractivity contribution in [2.45, 2.75) is 32.7 Å². The van der Waals surface area contributed by atoms with E-state index in [0.717, 1.165) is 23.9 Å². The van der Waals surface area contributed by atoms with E-state index in [9.17, 15) is 0 Å². The predicted molar refractivity (Wildman–Crippen MR) is 80.1 cm³/mol. The maximum atomic E-state index is 5.87. The molecular formula is C17H21NO. The molecular weight excluding hydrogens is 234 g/mol. The van der Waals surface area contributed by atoms with Crippen LogP contribution in [0.25, 0.3) is 17.0 Å². The second-order valence-electron chi connectivity index (χ2n) is 5.72. The predicted octanol–water partition coefficient (Wildman–Crippen LogP) is 4.22. The van der Waals surface area contributed by atoms with Gasteiger partial charge in [0.1, 0.15) is 11.3 Å². The molecule has 3 rings (SSSR count). The molecule has 0 radical (unpaired) electrons. The molecule has 2 heteroatoms. The summed E-state index contributed by atoms with van der Waals surface area (Å²) < 4.78 is 5.87. The van der Waals surface area contributed by atoms with E-state index in [-0.39, 0.29) is 0 Å². The van der Waals surface area contributed by atoms with E-state index in [0.29, 0.717) is 5.92 Å². The Morgan fingerprint density at radius 3 is 2.84 bits per heavy atom. The molecule has 0 bridgehead atoms. The lowest BCUT2D eigenvalue weighted by Gasteiger charge is -2.11. The molecule has 1 aliphatic rings. The van der Waals surface area contributed by atoms with Crippen LogP contribution < -0.4 is 5.32 Å². The van der Waals surface area contributed by atoms with Gasteiger partial charge in [-0.05, 0) is 37.0 Å². The molecule has 0 saturated heterocycles. The Bertz CT molecular complexity index is 557. The summed E-state index contributed by atoms with van der Waals surface area (Å²) in [7, 11) is 0. The van der Waals surface area contributed by atoms with Gasteiger partial charge in [-0.2, -0.15) is 0 Å². The molecule has 100 valence electrons. The molecule has 0 unspecified atom stereocenters. The Balaban J connectivity index is 1.82. The van der Waals surface area contributed by atoms with Crippen LogP contribution in [-0.4, -0.2) is 12.6 Å². The molecule has 0 amide bonds. The first-order chi connectivity index (χ1) is 9.22. The molecule has 2 aromatic rings. The Labute approximate surface area is 114 Å². The average Bonchev–Trinajstić information content (AvgIpc) is 3.12. The first-order valence-corrected chi connectivity index (χ1v) is 7.15. The molecule has 0 spiro atoms. The third-order valence-corrected chi connectivity index (χ3v) is 3.69. The van der Waals surface area contributed by atoms with Crippen molar-refractivity contribution in [3.8, 4) is 0 Å². The first-order valence-electron chi connectivity index (χ1n) is 7.15. The highest BCUT2D eigenvalue weighted by atomic mass is 16.3. The zero-order valence-electron chi connectivity index (χ0n) is 11.6. The van der Waals surface area contributed by atoms with Gasteiger partial charge in [0.25, 0.3) is 0 Å². The third-order valence-electron chi connectivity index (χ3n) is 3.69. The van der Waals surface area contributed by atoms with Crippen LogP contribution in [0.1, 0.15) is 32.4 Å². The summed E-state index contributed by atoms with van der Waals surface area (Å²) in [6, 6.07) is 11.0. The molecule has 1 saturated carbocycles. The van der Waals surface area contributed by atoms with Gasteiger partial charge < -0.3 is 9.73 Å². The van der Waals surface area contributed by atoms with Crippen LogP contribution in [0.2, 0.25) is 0 Å². The zero-order valence-corrected chi connectivity index (χ0v) is 11.6. The highest BCUT2D eigenvalue weighted by Crippen LogP contribution is 2.24. The number of hydrogen-bond donors (Lipinski definition) is 1. The minimum absolute atomic E-state index is 0.541. The molecule has 1 N–H and O–H groups in total. The Kier molecular flexibility index (Phi) is 3.43. The molecule has 2 nitrogen and oxygen atoms in total. The molecule has 1 fully saturated rings. The van der Waals surface area contributed by atoms with Gasteiger partial charge in [0.2, 0.25) is 0 Å². The lowest BCUT2D eigenvalue weighted by atomic mass is 10.0. The number of benzene rings is 1. The van der Waals surface area contributed by atoms with Gasteiger partial charge in [0.05, 0.1) is 0 Å². The number of rotatable bonds is 5. The number of hydrogen-bond acceptors (Lipinski definition) is 2. The van der Waals surface area contributed by atoms with Crippen LogP contribution in [0, 0.1) is 5.92 Å². The quantitative estimate of drug-likeness (QED) is 0.865. The largest absolute Gasteiger partial charge is 0.457 e. The summed E-state index contributed by atoms with van der Waals surface area (Å²) in [5.74, 6) is 1.50. The van der Waals surface area contributed by atoms with E-state index in [1.807, 2.05) is 18.2 Å². The van der Waals surface area contributed by atoms with Crippen molar-refractivity contribution >= 4 is 17.0 Å². The molecule has 1 aromatic heterocycles. The zero-order chi connectivity index (χ0) is 13.2. The van der Waals surface area contributed by atoms with Gasteiger partial charge in [-0.25, -0.2) is 0 Å². The van der Waals surface area contributed by atoms with Crippen molar-refractivity contribution in [3.63, 3.8) is 0 Å². The SMILES string of the molecule is CC(C)C(=Cc1cc2ccccc2o1)CNC1CC1. The van der Waals surface area contributed by atoms with Crippen molar-refractivity contribution in [1.82, 2.24) is 5.32 Å². The van der Waals surface area contributed by atoms with Gasteiger partial charge in [-0.3, -0.25) is 0 Å². The highest BCUT2D eigenvalue weighted by molar-refractivity contribution is 5.79. The maximum Gasteiger partial charge on any atom is 0.134 e. The normalized spacial score (nSPS) is 16.5.